The first-order chi connectivity index (χ1) is 12.3. The fourth-order valence-electron chi connectivity index (χ4n) is 2.52. The summed E-state index contributed by atoms with van der Waals surface area (Å²) in [6, 6.07) is 7.89. The van der Waals surface area contributed by atoms with Gasteiger partial charge >= 0.3 is 0 Å². The van der Waals surface area contributed by atoms with Gasteiger partial charge in [0.05, 0.1) is 17.8 Å². The fourth-order valence-corrected chi connectivity index (χ4v) is 3.14. The fraction of sp³-hybridized carbons (Fsp3) is 0.450. The molecule has 140 valence electrons. The van der Waals surface area contributed by atoms with Crippen LogP contribution in [0.2, 0.25) is 0 Å². The molecule has 2 rings (SSSR count). The Morgan fingerprint density at radius 3 is 2.62 bits per heavy atom. The van der Waals surface area contributed by atoms with Gasteiger partial charge in [0.1, 0.15) is 23.2 Å². The Bertz CT molecular complexity index is 778. The minimum atomic E-state index is -0.0741. The van der Waals surface area contributed by atoms with Crippen LogP contribution in [0.15, 0.2) is 29.3 Å². The zero-order chi connectivity index (χ0) is 19.3. The maximum atomic E-state index is 12.9. The lowest BCUT2D eigenvalue weighted by molar-refractivity contribution is 0.0768. The van der Waals surface area contributed by atoms with Crippen molar-refractivity contribution >= 4 is 17.7 Å². The number of hydrogen-bond donors (Lipinski definition) is 0. The molecule has 6 heteroatoms. The van der Waals surface area contributed by atoms with Gasteiger partial charge in [0.25, 0.3) is 5.91 Å². The Morgan fingerprint density at radius 1 is 1.27 bits per heavy atom. The molecule has 2 aromatic rings. The molecule has 0 fully saturated rings. The number of ether oxygens (including phenoxy) is 1. The van der Waals surface area contributed by atoms with E-state index >= 15 is 0 Å². The van der Waals surface area contributed by atoms with E-state index in [0.717, 1.165) is 27.9 Å². The third kappa shape index (κ3) is 4.97. The van der Waals surface area contributed by atoms with E-state index in [9.17, 15) is 4.79 Å². The highest BCUT2D eigenvalue weighted by Crippen LogP contribution is 2.24. The van der Waals surface area contributed by atoms with E-state index in [-0.39, 0.29) is 11.8 Å². The van der Waals surface area contributed by atoms with E-state index in [0.29, 0.717) is 18.7 Å². The first-order valence-electron chi connectivity index (χ1n) is 8.71. The number of aromatic nitrogens is 2. The summed E-state index contributed by atoms with van der Waals surface area (Å²) in [5, 5.41) is 0.734. The maximum absolute atomic E-state index is 12.9. The molecule has 1 aromatic heterocycles. The van der Waals surface area contributed by atoms with Crippen molar-refractivity contribution in [1.29, 1.82) is 0 Å². The number of carbonyl (C=O) groups excluding carboxylic acids is 1. The van der Waals surface area contributed by atoms with Gasteiger partial charge < -0.3 is 9.64 Å². The predicted molar refractivity (Wildman–Crippen MR) is 106 cm³/mol. The monoisotopic (exact) mass is 373 g/mol. The molecule has 26 heavy (non-hydrogen) atoms. The molecule has 1 heterocycles. The van der Waals surface area contributed by atoms with Gasteiger partial charge in [-0.15, -0.1) is 11.8 Å². The average Bonchev–Trinajstić information content (AvgIpc) is 2.60. The number of amides is 1. The van der Waals surface area contributed by atoms with Crippen molar-refractivity contribution in [3.63, 3.8) is 0 Å². The van der Waals surface area contributed by atoms with Gasteiger partial charge in [-0.3, -0.25) is 4.79 Å². The summed E-state index contributed by atoms with van der Waals surface area (Å²) in [4.78, 5) is 23.6. The lowest BCUT2D eigenvalue weighted by Gasteiger charge is -2.20. The van der Waals surface area contributed by atoms with Crippen molar-refractivity contribution in [1.82, 2.24) is 14.9 Å². The van der Waals surface area contributed by atoms with Gasteiger partial charge in [-0.25, -0.2) is 9.97 Å². The zero-order valence-electron chi connectivity index (χ0n) is 16.4. The van der Waals surface area contributed by atoms with Crippen molar-refractivity contribution in [2.75, 3.05) is 26.5 Å². The summed E-state index contributed by atoms with van der Waals surface area (Å²) < 4.78 is 5.75. The van der Waals surface area contributed by atoms with Crippen LogP contribution in [0.3, 0.4) is 0 Å². The molecule has 0 saturated heterocycles. The van der Waals surface area contributed by atoms with Crippen molar-refractivity contribution in [2.45, 2.75) is 38.6 Å². The molecule has 0 atom stereocenters. The third-order valence-electron chi connectivity index (χ3n) is 4.03. The summed E-state index contributed by atoms with van der Waals surface area (Å²) >= 11 is 1.48. The Morgan fingerprint density at radius 2 is 2.00 bits per heavy atom. The van der Waals surface area contributed by atoms with Crippen LogP contribution in [-0.2, 0) is 0 Å². The van der Waals surface area contributed by atoms with Gasteiger partial charge in [-0.05, 0) is 37.8 Å². The number of likely N-dealkylation sites (N-methyl/N-ethyl adjacent to an activating group) is 1. The van der Waals surface area contributed by atoms with Crippen LogP contribution in [0.1, 0.15) is 47.2 Å². The first-order valence-corrected chi connectivity index (χ1v) is 9.93. The number of benzene rings is 1. The van der Waals surface area contributed by atoms with Crippen LogP contribution in [0.5, 0.6) is 5.75 Å². The first kappa shape index (κ1) is 20.2. The predicted octanol–water partition coefficient (Wildman–Crippen LogP) is 4.09. The van der Waals surface area contributed by atoms with E-state index in [1.165, 1.54) is 11.8 Å². The van der Waals surface area contributed by atoms with Crippen LogP contribution >= 0.6 is 11.8 Å². The highest BCUT2D eigenvalue weighted by Gasteiger charge is 2.22. The summed E-state index contributed by atoms with van der Waals surface area (Å²) in [6.45, 7) is 8.92. The van der Waals surface area contributed by atoms with E-state index in [4.69, 9.17) is 4.74 Å². The Balaban J connectivity index is 2.07. The topological polar surface area (TPSA) is 55.3 Å². The molecule has 0 aliphatic rings. The highest BCUT2D eigenvalue weighted by atomic mass is 32.2. The number of carbonyl (C=O) groups is 1. The molecular weight excluding hydrogens is 346 g/mol. The minimum Gasteiger partial charge on any atom is -0.492 e. The Hall–Kier alpha value is -2.08. The zero-order valence-corrected chi connectivity index (χ0v) is 17.2. The normalized spacial score (nSPS) is 10.9. The molecule has 1 aromatic carbocycles. The smallest absolute Gasteiger partial charge is 0.258 e. The maximum Gasteiger partial charge on any atom is 0.258 e. The van der Waals surface area contributed by atoms with Gasteiger partial charge in [0.2, 0.25) is 0 Å². The van der Waals surface area contributed by atoms with Crippen molar-refractivity contribution in [3.05, 3.63) is 46.9 Å². The average molecular weight is 374 g/mol. The summed E-state index contributed by atoms with van der Waals surface area (Å²) in [6.07, 6.45) is 1.93. The van der Waals surface area contributed by atoms with Crippen LogP contribution < -0.4 is 4.74 Å². The van der Waals surface area contributed by atoms with Crippen LogP contribution in [-0.4, -0.2) is 47.2 Å². The number of hydrogen-bond acceptors (Lipinski definition) is 5. The second-order valence-electron chi connectivity index (χ2n) is 6.60. The van der Waals surface area contributed by atoms with Gasteiger partial charge in [-0.2, -0.15) is 0 Å². The van der Waals surface area contributed by atoms with Crippen LogP contribution in [0.4, 0.5) is 0 Å². The van der Waals surface area contributed by atoms with Gasteiger partial charge in [0, 0.05) is 13.0 Å². The summed E-state index contributed by atoms with van der Waals surface area (Å²) in [5.41, 5.74) is 2.46. The van der Waals surface area contributed by atoms with E-state index in [1.807, 2.05) is 44.4 Å². The molecule has 0 aliphatic carbocycles. The van der Waals surface area contributed by atoms with Crippen molar-refractivity contribution in [2.24, 2.45) is 0 Å². The van der Waals surface area contributed by atoms with Crippen molar-refractivity contribution in [3.8, 4) is 5.75 Å². The molecule has 0 spiro atoms. The van der Waals surface area contributed by atoms with Gasteiger partial charge in [0.15, 0.2) is 0 Å². The minimum absolute atomic E-state index is 0.0741. The van der Waals surface area contributed by atoms with Crippen LogP contribution in [0, 0.1) is 13.8 Å². The van der Waals surface area contributed by atoms with Crippen LogP contribution in [0.25, 0.3) is 0 Å². The summed E-state index contributed by atoms with van der Waals surface area (Å²) in [7, 11) is 1.78. The summed E-state index contributed by atoms with van der Waals surface area (Å²) in [5.74, 6) is 1.74. The second-order valence-corrected chi connectivity index (χ2v) is 7.39. The lowest BCUT2D eigenvalue weighted by Crippen LogP contribution is -2.32. The molecule has 0 aliphatic heterocycles. The van der Waals surface area contributed by atoms with E-state index in [1.54, 1.807) is 11.9 Å². The molecule has 5 nitrogen and oxygen atoms in total. The van der Waals surface area contributed by atoms with Gasteiger partial charge in [-0.1, -0.05) is 26.0 Å². The number of thioether (sulfide) groups is 1. The highest BCUT2D eigenvalue weighted by molar-refractivity contribution is 7.98. The lowest BCUT2D eigenvalue weighted by atomic mass is 10.1. The second kappa shape index (κ2) is 9.03. The molecule has 1 amide bonds. The quantitative estimate of drug-likeness (QED) is 0.540. The third-order valence-corrected chi connectivity index (χ3v) is 4.71. The van der Waals surface area contributed by atoms with E-state index in [2.05, 4.69) is 23.8 Å². The molecular formula is C20H27N3O2S. The number of aryl methyl sites for hydroxylation is 2. The molecule has 0 saturated carbocycles. The Kier molecular flexibility index (Phi) is 7.03. The standard InChI is InChI=1S/C20H27N3O2S/c1-13(2)18-21-15(4)17(19(22-18)26-6)20(24)23(5)10-11-25-16-9-7-8-14(3)12-16/h7-9,12-13H,10-11H2,1-6H3. The molecule has 0 bridgehead atoms. The van der Waals surface area contributed by atoms with E-state index < -0.39 is 0 Å². The number of rotatable bonds is 7. The SMILES string of the molecule is CSc1nc(C(C)C)nc(C)c1C(=O)N(C)CCOc1cccc(C)c1. The molecule has 0 radical (unpaired) electrons. The Labute approximate surface area is 160 Å². The molecule has 0 unspecified atom stereocenters. The largest absolute Gasteiger partial charge is 0.492 e. The molecule has 0 N–H and O–H groups in total. The number of nitrogens with zero attached hydrogens (tertiary/aromatic N) is 3. The van der Waals surface area contributed by atoms with Crippen molar-refractivity contribution < 1.29 is 9.53 Å².